The molecule has 0 unspecified atom stereocenters. The molecule has 12 heteroatoms. The quantitative estimate of drug-likeness (QED) is 0.341. The number of nitrogens with one attached hydrogen (secondary N) is 1. The fourth-order valence-corrected chi connectivity index (χ4v) is 4.48. The highest BCUT2D eigenvalue weighted by atomic mass is 127. The molecule has 1 aromatic rings. The van der Waals surface area contributed by atoms with Gasteiger partial charge in [0.05, 0.1) is 13.1 Å². The second-order valence-electron chi connectivity index (χ2n) is 7.58. The first-order chi connectivity index (χ1) is 14.4. The molecule has 1 N–H and O–H groups in total. The van der Waals surface area contributed by atoms with Crippen LogP contribution in [0.3, 0.4) is 0 Å². The Morgan fingerprint density at radius 2 is 1.74 bits per heavy atom. The first-order valence-corrected chi connectivity index (χ1v) is 11.2. The van der Waals surface area contributed by atoms with Crippen molar-refractivity contribution in [3.63, 3.8) is 0 Å². The SMILES string of the molecule is CN=C(NCc1nc(C(F)(F)F)cs1)N1CCN(CC(=O)N2CCCCCC2)CC1.I. The summed E-state index contributed by atoms with van der Waals surface area (Å²) >= 11 is 0.980. The van der Waals surface area contributed by atoms with Crippen LogP contribution in [0.25, 0.3) is 0 Å². The molecule has 0 spiro atoms. The number of aromatic nitrogens is 1. The van der Waals surface area contributed by atoms with E-state index in [4.69, 9.17) is 0 Å². The van der Waals surface area contributed by atoms with Gasteiger partial charge in [0.1, 0.15) is 5.01 Å². The van der Waals surface area contributed by atoms with Crippen molar-refractivity contribution < 1.29 is 18.0 Å². The molecule has 0 bridgehead atoms. The number of rotatable bonds is 4. The molecule has 7 nitrogen and oxygen atoms in total. The molecule has 2 aliphatic heterocycles. The Balaban J connectivity index is 0.00000341. The fourth-order valence-electron chi connectivity index (χ4n) is 3.74. The molecular formula is C19H30F3IN6OS. The molecule has 2 fully saturated rings. The van der Waals surface area contributed by atoms with Gasteiger partial charge in [-0.05, 0) is 12.8 Å². The summed E-state index contributed by atoms with van der Waals surface area (Å²) in [6.07, 6.45) is 0.161. The number of carbonyl (C=O) groups excluding carboxylic acids is 1. The largest absolute Gasteiger partial charge is 0.434 e. The predicted octanol–water partition coefficient (Wildman–Crippen LogP) is 2.88. The lowest BCUT2D eigenvalue weighted by atomic mass is 10.2. The molecule has 0 aromatic carbocycles. The molecule has 1 aromatic heterocycles. The van der Waals surface area contributed by atoms with E-state index in [1.54, 1.807) is 7.05 Å². The minimum Gasteiger partial charge on any atom is -0.350 e. The Hall–Kier alpha value is -1.15. The van der Waals surface area contributed by atoms with E-state index in [2.05, 4.69) is 25.1 Å². The smallest absolute Gasteiger partial charge is 0.350 e. The highest BCUT2D eigenvalue weighted by Gasteiger charge is 2.33. The van der Waals surface area contributed by atoms with Crippen LogP contribution >= 0.6 is 35.3 Å². The molecule has 176 valence electrons. The molecular weight excluding hydrogens is 544 g/mol. The summed E-state index contributed by atoms with van der Waals surface area (Å²) in [7, 11) is 1.65. The third-order valence-corrected chi connectivity index (χ3v) is 6.29. The van der Waals surface area contributed by atoms with Crippen LogP contribution in [0.15, 0.2) is 10.4 Å². The number of guanidine groups is 1. The van der Waals surface area contributed by atoms with Crippen molar-refractivity contribution in [2.75, 3.05) is 52.9 Å². The molecule has 3 rings (SSSR count). The van der Waals surface area contributed by atoms with Gasteiger partial charge < -0.3 is 15.1 Å². The van der Waals surface area contributed by atoms with Crippen LogP contribution in [0.1, 0.15) is 36.4 Å². The van der Waals surface area contributed by atoms with E-state index in [0.29, 0.717) is 30.6 Å². The minimum atomic E-state index is -4.42. The van der Waals surface area contributed by atoms with E-state index in [9.17, 15) is 18.0 Å². The van der Waals surface area contributed by atoms with Crippen molar-refractivity contribution in [3.8, 4) is 0 Å². The van der Waals surface area contributed by atoms with E-state index in [-0.39, 0.29) is 36.4 Å². The van der Waals surface area contributed by atoms with Crippen molar-refractivity contribution in [2.24, 2.45) is 4.99 Å². The maximum atomic E-state index is 12.7. The fraction of sp³-hybridized carbons (Fsp3) is 0.737. The molecule has 2 aliphatic rings. The zero-order valence-electron chi connectivity index (χ0n) is 17.7. The Labute approximate surface area is 202 Å². The summed E-state index contributed by atoms with van der Waals surface area (Å²) in [5.41, 5.74) is -0.859. The average Bonchev–Trinajstić information content (AvgIpc) is 3.04. The molecule has 1 amide bonds. The van der Waals surface area contributed by atoms with Crippen LogP contribution in [0.5, 0.6) is 0 Å². The van der Waals surface area contributed by atoms with E-state index >= 15 is 0 Å². The number of carbonyl (C=O) groups is 1. The normalized spacial score (nSPS) is 19.0. The Morgan fingerprint density at radius 3 is 2.29 bits per heavy atom. The third-order valence-electron chi connectivity index (χ3n) is 5.44. The van der Waals surface area contributed by atoms with Crippen LogP contribution in [-0.4, -0.2) is 84.4 Å². The van der Waals surface area contributed by atoms with Gasteiger partial charge in [-0.25, -0.2) is 4.98 Å². The van der Waals surface area contributed by atoms with E-state index in [0.717, 1.165) is 55.7 Å². The second kappa shape index (κ2) is 12.2. The van der Waals surface area contributed by atoms with Gasteiger partial charge in [0.2, 0.25) is 5.91 Å². The van der Waals surface area contributed by atoms with E-state index in [1.807, 2.05) is 4.90 Å². The number of nitrogens with zero attached hydrogens (tertiary/aromatic N) is 5. The van der Waals surface area contributed by atoms with Crippen molar-refractivity contribution in [1.29, 1.82) is 0 Å². The lowest BCUT2D eigenvalue weighted by molar-refractivity contribution is -0.140. The molecule has 3 heterocycles. The zero-order chi connectivity index (χ0) is 21.6. The number of likely N-dealkylation sites (tertiary alicyclic amines) is 1. The number of amides is 1. The number of hydrogen-bond donors (Lipinski definition) is 1. The van der Waals surface area contributed by atoms with Crippen molar-refractivity contribution >= 4 is 47.2 Å². The Kier molecular flexibility index (Phi) is 10.3. The van der Waals surface area contributed by atoms with Gasteiger partial charge in [-0.15, -0.1) is 35.3 Å². The van der Waals surface area contributed by atoms with Gasteiger partial charge in [-0.1, -0.05) is 12.8 Å². The van der Waals surface area contributed by atoms with Crippen LogP contribution in [-0.2, 0) is 17.5 Å². The van der Waals surface area contributed by atoms with Gasteiger partial charge in [0.25, 0.3) is 0 Å². The summed E-state index contributed by atoms with van der Waals surface area (Å²) < 4.78 is 38.0. The summed E-state index contributed by atoms with van der Waals surface area (Å²) in [5, 5.41) is 4.49. The van der Waals surface area contributed by atoms with Crippen LogP contribution in [0, 0.1) is 0 Å². The van der Waals surface area contributed by atoms with Gasteiger partial charge >= 0.3 is 6.18 Å². The molecule has 2 saturated heterocycles. The number of thiazole rings is 1. The number of alkyl halides is 3. The summed E-state index contributed by atoms with van der Waals surface area (Å²) in [6.45, 7) is 5.27. The first-order valence-electron chi connectivity index (χ1n) is 10.3. The molecule has 0 atom stereocenters. The van der Waals surface area contributed by atoms with Gasteiger partial charge in [-0.2, -0.15) is 13.2 Å². The second-order valence-corrected chi connectivity index (χ2v) is 8.53. The average molecular weight is 574 g/mol. The standard InChI is InChI=1S/C19H29F3N6OS.HI/c1-23-18(24-12-16-25-15(14-30-16)19(20,21)22)28-10-8-26(9-11-28)13-17(29)27-6-4-2-3-5-7-27;/h14H,2-13H2,1H3,(H,23,24);1H. The molecule has 0 aliphatic carbocycles. The van der Waals surface area contributed by atoms with Crippen LogP contribution < -0.4 is 5.32 Å². The minimum absolute atomic E-state index is 0. The predicted molar refractivity (Wildman–Crippen MR) is 126 cm³/mol. The van der Waals surface area contributed by atoms with Crippen LogP contribution in [0.4, 0.5) is 13.2 Å². The molecule has 0 radical (unpaired) electrons. The maximum absolute atomic E-state index is 12.7. The topological polar surface area (TPSA) is 64.1 Å². The number of hydrogen-bond acceptors (Lipinski definition) is 5. The van der Waals surface area contributed by atoms with E-state index < -0.39 is 11.9 Å². The summed E-state index contributed by atoms with van der Waals surface area (Å²) in [4.78, 5) is 26.7. The zero-order valence-corrected chi connectivity index (χ0v) is 20.8. The maximum Gasteiger partial charge on any atom is 0.434 e. The highest BCUT2D eigenvalue weighted by molar-refractivity contribution is 14.0. The first kappa shape index (κ1) is 26.1. The van der Waals surface area contributed by atoms with Crippen molar-refractivity contribution in [1.82, 2.24) is 25.0 Å². The Morgan fingerprint density at radius 1 is 1.10 bits per heavy atom. The third kappa shape index (κ3) is 7.74. The molecule has 0 saturated carbocycles. The lowest BCUT2D eigenvalue weighted by Gasteiger charge is -2.36. The van der Waals surface area contributed by atoms with Crippen LogP contribution in [0.2, 0.25) is 0 Å². The number of aliphatic imine (C=N–C) groups is 1. The van der Waals surface area contributed by atoms with Gasteiger partial charge in [-0.3, -0.25) is 14.7 Å². The molecule has 31 heavy (non-hydrogen) atoms. The van der Waals surface area contributed by atoms with Gasteiger partial charge in [0.15, 0.2) is 11.7 Å². The van der Waals surface area contributed by atoms with Crippen molar-refractivity contribution in [3.05, 3.63) is 16.1 Å². The monoisotopic (exact) mass is 574 g/mol. The van der Waals surface area contributed by atoms with Gasteiger partial charge in [0, 0.05) is 51.7 Å². The highest BCUT2D eigenvalue weighted by Crippen LogP contribution is 2.29. The lowest BCUT2D eigenvalue weighted by Crippen LogP contribution is -2.54. The number of halogens is 4. The summed E-state index contributed by atoms with van der Waals surface area (Å²) in [6, 6.07) is 0. The summed E-state index contributed by atoms with van der Waals surface area (Å²) in [5.74, 6) is 0.842. The van der Waals surface area contributed by atoms with E-state index in [1.165, 1.54) is 12.8 Å². The van der Waals surface area contributed by atoms with Crippen molar-refractivity contribution in [2.45, 2.75) is 38.4 Å². The Bertz CT molecular complexity index is 728. The number of piperazine rings is 1.